The predicted octanol–water partition coefficient (Wildman–Crippen LogP) is 16.3. The van der Waals surface area contributed by atoms with Crippen LogP contribution in [0.2, 0.25) is 0 Å². The molecule has 0 aliphatic carbocycles. The van der Waals surface area contributed by atoms with Crippen LogP contribution >= 0.6 is 0 Å². The van der Waals surface area contributed by atoms with Gasteiger partial charge in [-0.15, -0.1) is 0 Å². The average molecular weight is 929 g/mol. The van der Waals surface area contributed by atoms with Gasteiger partial charge < -0.3 is 23.8 Å². The number of carbonyl (C=O) groups is 3. The Labute approximate surface area is 407 Å². The summed E-state index contributed by atoms with van der Waals surface area (Å²) in [5.41, 5.74) is 0. The molecule has 0 aromatic rings. The van der Waals surface area contributed by atoms with Gasteiger partial charge in [0.2, 0.25) is 0 Å². The normalized spacial score (nSPS) is 13.2. The molecule has 0 aromatic heterocycles. The first-order valence-corrected chi connectivity index (χ1v) is 27.7. The molecule has 0 amide bonds. The van der Waals surface area contributed by atoms with E-state index in [4.69, 9.17) is 14.2 Å². The van der Waals surface area contributed by atoms with Crippen molar-refractivity contribution in [3.8, 4) is 0 Å². The topological polar surface area (TPSA) is 99.1 Å². The molecule has 0 aliphatic rings. The van der Waals surface area contributed by atoms with Gasteiger partial charge in [-0.25, -0.2) is 4.79 Å². The van der Waals surface area contributed by atoms with E-state index in [0.29, 0.717) is 19.3 Å². The minimum atomic E-state index is -0.875. The lowest BCUT2D eigenvalue weighted by Crippen LogP contribution is -2.50. The minimum absolute atomic E-state index is 0.0566. The largest absolute Gasteiger partial charge is 0.477 e. The van der Waals surface area contributed by atoms with Crippen molar-refractivity contribution in [2.24, 2.45) is 0 Å². The number of carboxylic acid groups (broad SMARTS) is 1. The summed E-state index contributed by atoms with van der Waals surface area (Å²) in [7, 11) is 5.54. The second-order valence-electron chi connectivity index (χ2n) is 19.8. The highest BCUT2D eigenvalue weighted by Gasteiger charge is 2.31. The zero-order chi connectivity index (χ0) is 48.4. The Kier molecular flexibility index (Phi) is 46.7. The fourth-order valence-corrected chi connectivity index (χ4v) is 8.26. The van der Waals surface area contributed by atoms with Crippen molar-refractivity contribution in [3.05, 3.63) is 48.6 Å². The van der Waals surface area contributed by atoms with Crippen molar-refractivity contribution in [1.82, 2.24) is 0 Å². The third kappa shape index (κ3) is 46.4. The van der Waals surface area contributed by atoms with Crippen LogP contribution < -0.4 is 0 Å². The van der Waals surface area contributed by atoms with E-state index >= 15 is 0 Å². The van der Waals surface area contributed by atoms with Gasteiger partial charge in [-0.2, -0.15) is 0 Å². The lowest BCUT2D eigenvalue weighted by molar-refractivity contribution is -0.887. The molecule has 0 aliphatic heterocycles. The fraction of sp³-hybridized carbons (Fsp3) is 0.810. The van der Waals surface area contributed by atoms with Crippen molar-refractivity contribution < 1.29 is 38.2 Å². The molecule has 0 bridgehead atoms. The second kappa shape index (κ2) is 48.7. The molecule has 0 radical (unpaired) electrons. The molecule has 2 unspecified atom stereocenters. The molecule has 66 heavy (non-hydrogen) atoms. The summed E-state index contributed by atoms with van der Waals surface area (Å²) in [6.45, 7) is 4.65. The molecule has 0 saturated carbocycles. The number of hydrogen-bond acceptors (Lipinski definition) is 6. The summed E-state index contributed by atoms with van der Waals surface area (Å²) < 4.78 is 17.4. The molecule has 384 valence electrons. The van der Waals surface area contributed by atoms with Gasteiger partial charge in [-0.05, 0) is 51.4 Å². The second-order valence-corrected chi connectivity index (χ2v) is 19.8. The Bertz CT molecular complexity index is 1220. The number of esters is 2. The van der Waals surface area contributed by atoms with Crippen LogP contribution in [-0.4, -0.2) is 80.6 Å². The van der Waals surface area contributed by atoms with E-state index in [1.54, 1.807) is 0 Å². The SMILES string of the molecule is CC/C=C/C/C=C/C/C=C/C/C=C/CCCCCCCCC(=O)OCC(COCCC(C(=O)O)[N+](C)(C)C)OC(=O)CCCCCCCCCCCCCCCCCCCCCCCCC. The lowest BCUT2D eigenvalue weighted by Gasteiger charge is -2.31. The van der Waals surface area contributed by atoms with Gasteiger partial charge in [0.05, 0.1) is 34.4 Å². The van der Waals surface area contributed by atoms with Crippen LogP contribution in [0.4, 0.5) is 0 Å². The Morgan fingerprint density at radius 3 is 1.26 bits per heavy atom. The standard InChI is InChI=1S/C58H105NO7/c1-6-8-10-12-14-16-18-20-22-24-26-27-28-29-31-33-35-37-39-41-43-45-47-49-57(61)66-54(52-64-51-50-55(58(62)63)59(3,4)5)53-65-56(60)48-46-44-42-40-38-36-34-32-30-25-23-21-19-17-15-13-11-9-7-2/h9,11,15,17,21,23,30,32,54-55H,6-8,10,12-14,16,18-20,22,24-29,31,33-53H2,1-5H3/p+1/b11-9+,17-15+,23-21+,32-30+. The lowest BCUT2D eigenvalue weighted by atomic mass is 10.0. The summed E-state index contributed by atoms with van der Waals surface area (Å²) in [6.07, 6.45) is 60.3. The highest BCUT2D eigenvalue weighted by molar-refractivity contribution is 5.72. The smallest absolute Gasteiger partial charge is 0.362 e. The summed E-state index contributed by atoms with van der Waals surface area (Å²) in [5.74, 6) is -1.47. The highest BCUT2D eigenvalue weighted by atomic mass is 16.6. The van der Waals surface area contributed by atoms with Crippen LogP contribution in [0, 0.1) is 0 Å². The molecule has 1 N–H and O–H groups in total. The van der Waals surface area contributed by atoms with E-state index in [9.17, 15) is 19.5 Å². The molecular weight excluding hydrogens is 823 g/mol. The van der Waals surface area contributed by atoms with Gasteiger partial charge in [-0.1, -0.05) is 229 Å². The average Bonchev–Trinajstić information content (AvgIpc) is 3.28. The Morgan fingerprint density at radius 1 is 0.470 bits per heavy atom. The first-order valence-electron chi connectivity index (χ1n) is 27.7. The number of carboxylic acids is 1. The minimum Gasteiger partial charge on any atom is -0.477 e. The van der Waals surface area contributed by atoms with E-state index in [0.717, 1.165) is 77.0 Å². The van der Waals surface area contributed by atoms with Crippen molar-refractivity contribution in [3.63, 3.8) is 0 Å². The number of ether oxygens (including phenoxy) is 3. The van der Waals surface area contributed by atoms with Crippen molar-refractivity contribution in [1.29, 1.82) is 0 Å². The number of hydrogen-bond donors (Lipinski definition) is 1. The van der Waals surface area contributed by atoms with Gasteiger partial charge in [0, 0.05) is 19.3 Å². The maximum atomic E-state index is 12.8. The van der Waals surface area contributed by atoms with Crippen LogP contribution in [0.5, 0.6) is 0 Å². The Hall–Kier alpha value is -2.71. The molecule has 8 heteroatoms. The van der Waals surface area contributed by atoms with E-state index in [1.807, 2.05) is 21.1 Å². The van der Waals surface area contributed by atoms with Gasteiger partial charge in [0.15, 0.2) is 12.1 Å². The van der Waals surface area contributed by atoms with E-state index in [1.165, 1.54) is 141 Å². The van der Waals surface area contributed by atoms with Crippen LogP contribution in [0.15, 0.2) is 48.6 Å². The first-order chi connectivity index (χ1) is 32.1. The monoisotopic (exact) mass is 929 g/mol. The highest BCUT2D eigenvalue weighted by Crippen LogP contribution is 2.17. The van der Waals surface area contributed by atoms with Gasteiger partial charge in [0.1, 0.15) is 6.61 Å². The summed E-state index contributed by atoms with van der Waals surface area (Å²) in [4.78, 5) is 37.2. The van der Waals surface area contributed by atoms with E-state index in [-0.39, 0.29) is 36.2 Å². The Morgan fingerprint density at radius 2 is 0.848 bits per heavy atom. The van der Waals surface area contributed by atoms with Gasteiger partial charge in [0.25, 0.3) is 0 Å². The maximum Gasteiger partial charge on any atom is 0.362 e. The molecule has 0 heterocycles. The molecule has 0 saturated heterocycles. The first kappa shape index (κ1) is 63.3. The zero-order valence-electron chi connectivity index (χ0n) is 43.9. The number of quaternary nitrogens is 1. The third-order valence-electron chi connectivity index (χ3n) is 12.5. The maximum absolute atomic E-state index is 12.8. The van der Waals surface area contributed by atoms with Crippen molar-refractivity contribution >= 4 is 17.9 Å². The number of carbonyl (C=O) groups excluding carboxylic acids is 2. The third-order valence-corrected chi connectivity index (χ3v) is 12.5. The zero-order valence-corrected chi connectivity index (χ0v) is 43.9. The molecule has 0 fully saturated rings. The predicted molar refractivity (Wildman–Crippen MR) is 280 cm³/mol. The van der Waals surface area contributed by atoms with Crippen molar-refractivity contribution in [2.75, 3.05) is 41.0 Å². The Balaban J connectivity index is 4.18. The molecule has 0 rings (SSSR count). The molecule has 8 nitrogen and oxygen atoms in total. The molecule has 2 atom stereocenters. The number of unbranched alkanes of at least 4 members (excludes halogenated alkanes) is 28. The number of allylic oxidation sites excluding steroid dienone is 8. The number of aliphatic carboxylic acids is 1. The summed E-state index contributed by atoms with van der Waals surface area (Å²) in [5, 5.41) is 9.67. The van der Waals surface area contributed by atoms with Crippen LogP contribution in [0.1, 0.15) is 251 Å². The van der Waals surface area contributed by atoms with Crippen LogP contribution in [0.25, 0.3) is 0 Å². The van der Waals surface area contributed by atoms with Crippen molar-refractivity contribution in [2.45, 2.75) is 264 Å². The number of likely N-dealkylation sites (N-methyl/N-ethyl adjacent to an activating group) is 1. The number of nitrogens with zero attached hydrogens (tertiary/aromatic N) is 1. The molecule has 0 aromatic carbocycles. The van der Waals surface area contributed by atoms with Gasteiger partial charge in [-0.3, -0.25) is 9.59 Å². The summed E-state index contributed by atoms with van der Waals surface area (Å²) >= 11 is 0. The molecule has 0 spiro atoms. The number of rotatable bonds is 50. The van der Waals surface area contributed by atoms with Crippen LogP contribution in [0.3, 0.4) is 0 Å². The van der Waals surface area contributed by atoms with Gasteiger partial charge >= 0.3 is 17.9 Å². The van der Waals surface area contributed by atoms with E-state index in [2.05, 4.69) is 62.5 Å². The van der Waals surface area contributed by atoms with Crippen LogP contribution in [-0.2, 0) is 28.6 Å². The summed E-state index contributed by atoms with van der Waals surface area (Å²) in [6, 6.07) is -0.618. The fourth-order valence-electron chi connectivity index (χ4n) is 8.26. The quantitative estimate of drug-likeness (QED) is 0.0281. The molecular formula is C58H106NO7+. The van der Waals surface area contributed by atoms with E-state index < -0.39 is 18.1 Å².